The number of H-pyrrole nitrogens is 1. The van der Waals surface area contributed by atoms with Gasteiger partial charge in [0.15, 0.2) is 0 Å². The number of benzene rings is 3. The lowest BCUT2D eigenvalue weighted by atomic mass is 9.93. The summed E-state index contributed by atoms with van der Waals surface area (Å²) in [5.41, 5.74) is 14.2. The third-order valence-electron chi connectivity index (χ3n) is 5.38. The second-order valence-corrected chi connectivity index (χ2v) is 7.66. The second kappa shape index (κ2) is 8.22. The molecular formula is C25H25ClN2. The lowest BCUT2D eigenvalue weighted by Crippen LogP contribution is -1.99. The zero-order chi connectivity index (χ0) is 19.5. The molecule has 0 saturated heterocycles. The fraction of sp³-hybridized carbons (Fsp3) is 0.200. The van der Waals surface area contributed by atoms with Gasteiger partial charge in [-0.3, -0.25) is 0 Å². The molecule has 0 atom stereocenters. The van der Waals surface area contributed by atoms with E-state index in [1.165, 1.54) is 33.5 Å². The molecule has 0 spiro atoms. The van der Waals surface area contributed by atoms with Crippen LogP contribution in [0.4, 0.5) is 0 Å². The molecule has 0 aliphatic heterocycles. The quantitative estimate of drug-likeness (QED) is 0.352. The summed E-state index contributed by atoms with van der Waals surface area (Å²) in [7, 11) is 0. The number of rotatable bonds is 6. The highest BCUT2D eigenvalue weighted by molar-refractivity contribution is 6.36. The van der Waals surface area contributed by atoms with E-state index in [0.29, 0.717) is 6.54 Å². The standard InChI is InChI=1S/C25H25ClN2/c1-17-14-15-22(26)23-21(13-7-8-16-27)25(28-24(17)23)20-12-6-5-11-19(20)18-9-3-2-4-10-18/h2-6,9-12,14-15,28H,7-8,13,16,27H2,1H3. The number of unbranched alkanes of at least 4 members (excludes halogenated alkanes) is 1. The molecule has 4 aromatic rings. The Morgan fingerprint density at radius 2 is 1.57 bits per heavy atom. The van der Waals surface area contributed by atoms with Crippen LogP contribution in [0.15, 0.2) is 66.7 Å². The van der Waals surface area contributed by atoms with Crippen LogP contribution >= 0.6 is 11.6 Å². The van der Waals surface area contributed by atoms with Gasteiger partial charge in [0.2, 0.25) is 0 Å². The molecule has 0 radical (unpaired) electrons. The van der Waals surface area contributed by atoms with Gasteiger partial charge in [-0.15, -0.1) is 0 Å². The van der Waals surface area contributed by atoms with Crippen molar-refractivity contribution in [2.45, 2.75) is 26.2 Å². The van der Waals surface area contributed by atoms with Gasteiger partial charge in [-0.25, -0.2) is 0 Å². The topological polar surface area (TPSA) is 41.8 Å². The molecule has 1 heterocycles. The monoisotopic (exact) mass is 388 g/mol. The molecule has 142 valence electrons. The molecule has 3 heteroatoms. The Hall–Kier alpha value is -2.55. The molecule has 0 aliphatic carbocycles. The maximum Gasteiger partial charge on any atom is 0.0506 e. The highest BCUT2D eigenvalue weighted by Crippen LogP contribution is 2.40. The maximum absolute atomic E-state index is 6.66. The molecular weight excluding hydrogens is 364 g/mol. The molecule has 1 aromatic heterocycles. The Morgan fingerprint density at radius 1 is 0.857 bits per heavy atom. The fourth-order valence-corrected chi connectivity index (χ4v) is 4.23. The zero-order valence-corrected chi connectivity index (χ0v) is 16.9. The van der Waals surface area contributed by atoms with E-state index in [4.69, 9.17) is 17.3 Å². The van der Waals surface area contributed by atoms with E-state index < -0.39 is 0 Å². The molecule has 3 N–H and O–H groups in total. The van der Waals surface area contributed by atoms with Gasteiger partial charge in [0.05, 0.1) is 16.2 Å². The van der Waals surface area contributed by atoms with Crippen LogP contribution in [0, 0.1) is 6.92 Å². The van der Waals surface area contributed by atoms with Crippen molar-refractivity contribution >= 4 is 22.5 Å². The average Bonchev–Trinajstić information content (AvgIpc) is 3.12. The largest absolute Gasteiger partial charge is 0.354 e. The van der Waals surface area contributed by atoms with Gasteiger partial charge < -0.3 is 10.7 Å². The zero-order valence-electron chi connectivity index (χ0n) is 16.1. The Morgan fingerprint density at radius 3 is 2.32 bits per heavy atom. The van der Waals surface area contributed by atoms with Crippen molar-refractivity contribution in [2.75, 3.05) is 6.54 Å². The second-order valence-electron chi connectivity index (χ2n) is 7.25. The van der Waals surface area contributed by atoms with Crippen molar-refractivity contribution in [3.8, 4) is 22.4 Å². The van der Waals surface area contributed by atoms with E-state index in [-0.39, 0.29) is 0 Å². The lowest BCUT2D eigenvalue weighted by Gasteiger charge is -2.11. The van der Waals surface area contributed by atoms with Gasteiger partial charge in [0, 0.05) is 10.9 Å². The van der Waals surface area contributed by atoms with Crippen molar-refractivity contribution in [3.05, 3.63) is 82.9 Å². The van der Waals surface area contributed by atoms with Gasteiger partial charge in [0.1, 0.15) is 0 Å². The predicted octanol–water partition coefficient (Wildman–Crippen LogP) is 6.75. The number of hydrogen-bond donors (Lipinski definition) is 2. The molecule has 0 bridgehead atoms. The number of aromatic nitrogens is 1. The Bertz CT molecular complexity index is 1100. The average molecular weight is 389 g/mol. The number of halogens is 1. The van der Waals surface area contributed by atoms with E-state index in [1.54, 1.807) is 0 Å². The first-order chi connectivity index (χ1) is 13.7. The minimum Gasteiger partial charge on any atom is -0.354 e. The van der Waals surface area contributed by atoms with Gasteiger partial charge in [-0.2, -0.15) is 0 Å². The van der Waals surface area contributed by atoms with E-state index >= 15 is 0 Å². The number of nitrogens with one attached hydrogen (secondary N) is 1. The lowest BCUT2D eigenvalue weighted by molar-refractivity contribution is 0.748. The predicted molar refractivity (Wildman–Crippen MR) is 121 cm³/mol. The summed E-state index contributed by atoms with van der Waals surface area (Å²) in [6, 6.07) is 23.2. The molecule has 2 nitrogen and oxygen atoms in total. The highest BCUT2D eigenvalue weighted by atomic mass is 35.5. The van der Waals surface area contributed by atoms with Crippen molar-refractivity contribution in [1.82, 2.24) is 4.98 Å². The Balaban J connectivity index is 1.96. The van der Waals surface area contributed by atoms with Crippen LogP contribution in [-0.2, 0) is 6.42 Å². The van der Waals surface area contributed by atoms with Gasteiger partial charge in [-0.05, 0) is 61.1 Å². The van der Waals surface area contributed by atoms with Crippen LogP contribution in [0.1, 0.15) is 24.0 Å². The molecule has 0 fully saturated rings. The van der Waals surface area contributed by atoms with Gasteiger partial charge in [0.25, 0.3) is 0 Å². The van der Waals surface area contributed by atoms with Crippen LogP contribution < -0.4 is 5.73 Å². The fourth-order valence-electron chi connectivity index (χ4n) is 3.96. The van der Waals surface area contributed by atoms with Crippen molar-refractivity contribution in [2.24, 2.45) is 5.73 Å². The first-order valence-electron chi connectivity index (χ1n) is 9.85. The van der Waals surface area contributed by atoms with E-state index in [0.717, 1.165) is 35.2 Å². The third-order valence-corrected chi connectivity index (χ3v) is 5.69. The number of hydrogen-bond acceptors (Lipinski definition) is 1. The Labute approximate surface area is 171 Å². The van der Waals surface area contributed by atoms with Crippen molar-refractivity contribution < 1.29 is 0 Å². The molecule has 0 saturated carbocycles. The van der Waals surface area contributed by atoms with Crippen molar-refractivity contribution in [3.63, 3.8) is 0 Å². The summed E-state index contributed by atoms with van der Waals surface area (Å²) in [6.07, 6.45) is 3.02. The molecule has 0 amide bonds. The molecule has 4 rings (SSSR count). The van der Waals surface area contributed by atoms with E-state index in [2.05, 4.69) is 72.6 Å². The van der Waals surface area contributed by atoms with Crippen LogP contribution in [0.5, 0.6) is 0 Å². The summed E-state index contributed by atoms with van der Waals surface area (Å²) in [6.45, 7) is 2.84. The molecule has 0 unspecified atom stereocenters. The number of fused-ring (bicyclic) bond motifs is 1. The SMILES string of the molecule is Cc1ccc(Cl)c2c(CCCCN)c(-c3ccccc3-c3ccccc3)[nH]c12. The van der Waals surface area contributed by atoms with Crippen LogP contribution in [0.25, 0.3) is 33.3 Å². The van der Waals surface area contributed by atoms with E-state index in [1.807, 2.05) is 6.07 Å². The van der Waals surface area contributed by atoms with Gasteiger partial charge in [-0.1, -0.05) is 72.3 Å². The maximum atomic E-state index is 6.66. The van der Waals surface area contributed by atoms with Crippen LogP contribution in [0.2, 0.25) is 5.02 Å². The van der Waals surface area contributed by atoms with Gasteiger partial charge >= 0.3 is 0 Å². The summed E-state index contributed by atoms with van der Waals surface area (Å²) >= 11 is 6.66. The number of aromatic amines is 1. The van der Waals surface area contributed by atoms with Crippen molar-refractivity contribution in [1.29, 1.82) is 0 Å². The summed E-state index contributed by atoms with van der Waals surface area (Å²) in [5, 5.41) is 1.96. The van der Waals surface area contributed by atoms with Crippen LogP contribution in [-0.4, -0.2) is 11.5 Å². The number of nitrogens with two attached hydrogens (primary N) is 1. The smallest absolute Gasteiger partial charge is 0.0506 e. The first kappa shape index (κ1) is 18.8. The number of aryl methyl sites for hydroxylation is 2. The Kier molecular flexibility index (Phi) is 5.52. The summed E-state index contributed by atoms with van der Waals surface area (Å²) in [5.74, 6) is 0. The summed E-state index contributed by atoms with van der Waals surface area (Å²) in [4.78, 5) is 3.71. The van der Waals surface area contributed by atoms with E-state index in [9.17, 15) is 0 Å². The minimum atomic E-state index is 0.713. The molecule has 28 heavy (non-hydrogen) atoms. The summed E-state index contributed by atoms with van der Waals surface area (Å²) < 4.78 is 0. The normalized spacial score (nSPS) is 11.2. The minimum absolute atomic E-state index is 0.713. The molecule has 0 aliphatic rings. The van der Waals surface area contributed by atoms with Crippen LogP contribution in [0.3, 0.4) is 0 Å². The molecule has 3 aromatic carbocycles. The first-order valence-corrected chi connectivity index (χ1v) is 10.2. The third kappa shape index (κ3) is 3.46. The highest BCUT2D eigenvalue weighted by Gasteiger charge is 2.19.